The molecule has 3 rings (SSSR count). The molecule has 26 heavy (non-hydrogen) atoms. The average Bonchev–Trinajstić information content (AvgIpc) is 3.13. The van der Waals surface area contributed by atoms with Gasteiger partial charge in [-0.2, -0.15) is 0 Å². The van der Waals surface area contributed by atoms with E-state index in [9.17, 15) is 9.59 Å². The number of hydrogen-bond acceptors (Lipinski definition) is 4. The summed E-state index contributed by atoms with van der Waals surface area (Å²) in [4.78, 5) is 31.0. The van der Waals surface area contributed by atoms with Crippen LogP contribution in [0.5, 0.6) is 0 Å². The number of rotatable bonds is 4. The lowest BCUT2D eigenvalue weighted by atomic mass is 9.84. The molecule has 1 saturated carbocycles. The van der Waals surface area contributed by atoms with E-state index in [4.69, 9.17) is 10.5 Å². The van der Waals surface area contributed by atoms with E-state index in [-0.39, 0.29) is 5.91 Å². The highest BCUT2D eigenvalue weighted by molar-refractivity contribution is 6.10. The van der Waals surface area contributed by atoms with Crippen LogP contribution in [0.15, 0.2) is 23.2 Å². The van der Waals surface area contributed by atoms with E-state index in [0.717, 1.165) is 36.5 Å². The number of morpholine rings is 1. The highest BCUT2D eigenvalue weighted by Gasteiger charge is 2.46. The van der Waals surface area contributed by atoms with Gasteiger partial charge in [-0.05, 0) is 43.5 Å². The third-order valence-corrected chi connectivity index (χ3v) is 5.37. The minimum atomic E-state index is -1.07. The molecule has 3 N–H and O–H groups in total. The number of primary amides is 1. The summed E-state index contributed by atoms with van der Waals surface area (Å²) in [6.45, 7) is 3.88. The molecule has 2 aliphatic rings. The SMILES string of the molecule is CN=C1COCCN1c1ccc(NC(=O)C2(C(N)=O)CCCC2)cc1C. The van der Waals surface area contributed by atoms with Crippen LogP contribution >= 0.6 is 0 Å². The number of aliphatic imine (C=N–C) groups is 1. The molecule has 1 saturated heterocycles. The molecule has 1 aromatic carbocycles. The van der Waals surface area contributed by atoms with Crippen molar-refractivity contribution < 1.29 is 14.3 Å². The van der Waals surface area contributed by atoms with Crippen LogP contribution in [0.1, 0.15) is 31.2 Å². The summed E-state index contributed by atoms with van der Waals surface area (Å²) in [7, 11) is 1.76. The van der Waals surface area contributed by atoms with E-state index in [1.807, 2.05) is 25.1 Å². The Hall–Kier alpha value is -2.41. The quantitative estimate of drug-likeness (QED) is 0.803. The third-order valence-electron chi connectivity index (χ3n) is 5.37. The Morgan fingerprint density at radius 3 is 2.65 bits per heavy atom. The van der Waals surface area contributed by atoms with Crippen LogP contribution in [-0.2, 0) is 14.3 Å². The van der Waals surface area contributed by atoms with Crippen molar-refractivity contribution in [1.29, 1.82) is 0 Å². The second-order valence-electron chi connectivity index (χ2n) is 6.95. The standard InChI is InChI=1S/C19H26N4O3/c1-13-11-14(22-18(25)19(17(20)24)7-3-4-8-19)5-6-15(13)23-9-10-26-12-16(23)21-2/h5-6,11H,3-4,7-10,12H2,1-2H3,(H2,20,24)(H,22,25). The van der Waals surface area contributed by atoms with Crippen molar-refractivity contribution >= 4 is 29.0 Å². The number of amidine groups is 1. The molecule has 1 aliphatic carbocycles. The van der Waals surface area contributed by atoms with Gasteiger partial charge in [-0.15, -0.1) is 0 Å². The molecule has 7 heteroatoms. The van der Waals surface area contributed by atoms with E-state index in [0.29, 0.717) is 31.7 Å². The summed E-state index contributed by atoms with van der Waals surface area (Å²) < 4.78 is 5.46. The molecule has 0 unspecified atom stereocenters. The summed E-state index contributed by atoms with van der Waals surface area (Å²) in [6, 6.07) is 5.74. The molecule has 1 aliphatic heterocycles. The van der Waals surface area contributed by atoms with Gasteiger partial charge in [0.2, 0.25) is 11.8 Å². The molecule has 1 heterocycles. The van der Waals surface area contributed by atoms with E-state index in [2.05, 4.69) is 15.2 Å². The summed E-state index contributed by atoms with van der Waals surface area (Å²) >= 11 is 0. The molecule has 2 amide bonds. The Labute approximate surface area is 153 Å². The molecular formula is C19H26N4O3. The number of carbonyl (C=O) groups excluding carboxylic acids is 2. The molecule has 0 atom stereocenters. The summed E-state index contributed by atoms with van der Waals surface area (Å²) in [5.41, 5.74) is 7.20. The van der Waals surface area contributed by atoms with Crippen LogP contribution in [-0.4, -0.2) is 44.5 Å². The summed E-state index contributed by atoms with van der Waals surface area (Å²) in [5.74, 6) is 0.0598. The molecule has 0 spiro atoms. The number of aryl methyl sites for hydroxylation is 1. The Morgan fingerprint density at radius 2 is 2.04 bits per heavy atom. The van der Waals surface area contributed by atoms with Crippen LogP contribution < -0.4 is 16.0 Å². The molecular weight excluding hydrogens is 332 g/mol. The van der Waals surface area contributed by atoms with Gasteiger partial charge in [-0.1, -0.05) is 12.8 Å². The van der Waals surface area contributed by atoms with Crippen molar-refractivity contribution in [2.24, 2.45) is 16.1 Å². The lowest BCUT2D eigenvalue weighted by molar-refractivity contribution is -0.138. The first-order valence-corrected chi connectivity index (χ1v) is 9.01. The van der Waals surface area contributed by atoms with Crippen molar-refractivity contribution in [3.05, 3.63) is 23.8 Å². The number of ether oxygens (including phenoxy) is 1. The lowest BCUT2D eigenvalue weighted by Gasteiger charge is -2.31. The maximum atomic E-state index is 12.7. The monoisotopic (exact) mass is 358 g/mol. The zero-order valence-corrected chi connectivity index (χ0v) is 15.4. The second-order valence-corrected chi connectivity index (χ2v) is 6.95. The van der Waals surface area contributed by atoms with E-state index in [1.165, 1.54) is 0 Å². The average molecular weight is 358 g/mol. The van der Waals surface area contributed by atoms with Crippen LogP contribution in [0.25, 0.3) is 0 Å². The van der Waals surface area contributed by atoms with Gasteiger partial charge in [-0.3, -0.25) is 14.6 Å². The Balaban J connectivity index is 1.79. The predicted molar refractivity (Wildman–Crippen MR) is 101 cm³/mol. The maximum absolute atomic E-state index is 12.7. The molecule has 0 radical (unpaired) electrons. The predicted octanol–water partition coefficient (Wildman–Crippen LogP) is 1.84. The molecule has 140 valence electrons. The zero-order chi connectivity index (χ0) is 18.7. The van der Waals surface area contributed by atoms with Crippen molar-refractivity contribution in [3.8, 4) is 0 Å². The number of nitrogens with one attached hydrogen (secondary N) is 1. The second kappa shape index (κ2) is 7.45. The van der Waals surface area contributed by atoms with Gasteiger partial charge >= 0.3 is 0 Å². The first-order valence-electron chi connectivity index (χ1n) is 9.01. The molecule has 0 bridgehead atoms. The minimum Gasteiger partial charge on any atom is -0.372 e. The number of carbonyl (C=O) groups is 2. The fourth-order valence-electron chi connectivity index (χ4n) is 3.82. The Morgan fingerprint density at radius 1 is 1.31 bits per heavy atom. The third kappa shape index (κ3) is 3.31. The normalized spacial score (nSPS) is 21.0. The van der Waals surface area contributed by atoms with Crippen LogP contribution in [0, 0.1) is 12.3 Å². The van der Waals surface area contributed by atoms with Crippen LogP contribution in [0.4, 0.5) is 11.4 Å². The van der Waals surface area contributed by atoms with Gasteiger partial charge in [0, 0.05) is 25.0 Å². The highest BCUT2D eigenvalue weighted by Crippen LogP contribution is 2.39. The summed E-state index contributed by atoms with van der Waals surface area (Å²) in [5, 5.41) is 2.89. The topological polar surface area (TPSA) is 97.0 Å². The minimum absolute atomic E-state index is 0.295. The van der Waals surface area contributed by atoms with Gasteiger partial charge in [-0.25, -0.2) is 0 Å². The van der Waals surface area contributed by atoms with Gasteiger partial charge in [0.15, 0.2) is 0 Å². The van der Waals surface area contributed by atoms with Gasteiger partial charge in [0.05, 0.1) is 6.61 Å². The number of anilines is 2. The van der Waals surface area contributed by atoms with Crippen LogP contribution in [0.3, 0.4) is 0 Å². The fourth-order valence-corrected chi connectivity index (χ4v) is 3.82. The number of hydrogen-bond donors (Lipinski definition) is 2. The van der Waals surface area contributed by atoms with Crippen LogP contribution in [0.2, 0.25) is 0 Å². The Kier molecular flexibility index (Phi) is 5.27. The van der Waals surface area contributed by atoms with Crippen molar-refractivity contribution in [3.63, 3.8) is 0 Å². The first kappa shape index (κ1) is 18.4. The van der Waals surface area contributed by atoms with Gasteiger partial charge in [0.25, 0.3) is 0 Å². The van der Waals surface area contributed by atoms with Gasteiger partial charge < -0.3 is 20.7 Å². The molecule has 0 aromatic heterocycles. The molecule has 7 nitrogen and oxygen atoms in total. The number of nitrogens with zero attached hydrogens (tertiary/aromatic N) is 2. The lowest BCUT2D eigenvalue weighted by Crippen LogP contribution is -2.45. The maximum Gasteiger partial charge on any atom is 0.240 e. The van der Waals surface area contributed by atoms with E-state index >= 15 is 0 Å². The molecule has 1 aromatic rings. The largest absolute Gasteiger partial charge is 0.372 e. The Bertz CT molecular complexity index is 738. The number of benzene rings is 1. The summed E-state index contributed by atoms with van der Waals surface area (Å²) in [6.07, 6.45) is 2.75. The van der Waals surface area contributed by atoms with Gasteiger partial charge in [0.1, 0.15) is 17.9 Å². The zero-order valence-electron chi connectivity index (χ0n) is 15.4. The smallest absolute Gasteiger partial charge is 0.240 e. The fraction of sp³-hybridized carbons (Fsp3) is 0.526. The van der Waals surface area contributed by atoms with E-state index in [1.54, 1.807) is 7.05 Å². The van der Waals surface area contributed by atoms with Crippen molar-refractivity contribution in [2.45, 2.75) is 32.6 Å². The van der Waals surface area contributed by atoms with Crippen molar-refractivity contribution in [2.75, 3.05) is 37.0 Å². The van der Waals surface area contributed by atoms with E-state index < -0.39 is 11.3 Å². The number of nitrogens with two attached hydrogens (primary N) is 1. The first-order chi connectivity index (χ1) is 12.5. The molecule has 2 fully saturated rings. The highest BCUT2D eigenvalue weighted by atomic mass is 16.5. The number of amides is 2. The van der Waals surface area contributed by atoms with Crippen molar-refractivity contribution in [1.82, 2.24) is 0 Å².